The lowest BCUT2D eigenvalue weighted by Crippen LogP contribution is -2.41. The summed E-state index contributed by atoms with van der Waals surface area (Å²) in [5, 5.41) is 11.0. The fourth-order valence-electron chi connectivity index (χ4n) is 3.26. The number of aliphatic hydroxyl groups excluding tert-OH is 1. The van der Waals surface area contributed by atoms with Gasteiger partial charge in [-0.2, -0.15) is 8.42 Å². The minimum atomic E-state index is -4.68. The first-order chi connectivity index (χ1) is 15.9. The summed E-state index contributed by atoms with van der Waals surface area (Å²) in [6, 6.07) is 9.47. The predicted molar refractivity (Wildman–Crippen MR) is 133 cm³/mol. The van der Waals surface area contributed by atoms with Crippen LogP contribution in [0, 0.1) is 0 Å². The number of aliphatic hydroxyl groups is 1. The Kier molecular flexibility index (Phi) is 5.57. The molecule has 2 aliphatic heterocycles. The van der Waals surface area contributed by atoms with E-state index >= 15 is 0 Å². The average Bonchev–Trinajstić information content (AvgIpc) is 3.26. The van der Waals surface area contributed by atoms with Gasteiger partial charge in [0.1, 0.15) is 11.5 Å². The molecule has 3 heterocycles. The van der Waals surface area contributed by atoms with Crippen LogP contribution in [-0.2, 0) is 24.8 Å². The lowest BCUT2D eigenvalue weighted by molar-refractivity contribution is -0.113. The fourth-order valence-corrected chi connectivity index (χ4v) is 8.33. The van der Waals surface area contributed by atoms with Gasteiger partial charge in [-0.3, -0.25) is 14.4 Å². The molecule has 0 saturated heterocycles. The van der Waals surface area contributed by atoms with Gasteiger partial charge in [0.25, 0.3) is 15.9 Å². The summed E-state index contributed by atoms with van der Waals surface area (Å²) in [6.45, 7) is 0. The van der Waals surface area contributed by atoms with Gasteiger partial charge in [-0.05, 0) is 42.1 Å². The zero-order chi connectivity index (χ0) is 24.4. The van der Waals surface area contributed by atoms with Crippen molar-refractivity contribution in [3.05, 3.63) is 57.1 Å². The highest BCUT2D eigenvalue weighted by Crippen LogP contribution is 2.47. The Morgan fingerprint density at radius 3 is 2.74 bits per heavy atom. The Morgan fingerprint density at radius 1 is 1.21 bits per heavy atom. The molecule has 16 heteroatoms. The number of thioether (sulfide) groups is 1. The van der Waals surface area contributed by atoms with Crippen LogP contribution in [0.1, 0.15) is 0 Å². The van der Waals surface area contributed by atoms with Crippen LogP contribution in [0.3, 0.4) is 0 Å². The number of aromatic nitrogens is 1. The van der Waals surface area contributed by atoms with Crippen LogP contribution in [0.2, 0.25) is 10.0 Å². The van der Waals surface area contributed by atoms with E-state index in [9.17, 15) is 26.7 Å². The third-order valence-corrected chi connectivity index (χ3v) is 10.1. The van der Waals surface area contributed by atoms with Crippen molar-refractivity contribution in [2.75, 3.05) is 15.4 Å². The molecule has 0 saturated carbocycles. The molecule has 0 unspecified atom stereocenters. The number of amides is 1. The number of nitrogens with one attached hydrogen (secondary N) is 1. The molecular formula is C18H10Cl2N4O6S4. The lowest BCUT2D eigenvalue weighted by Gasteiger charge is -2.22. The molecule has 10 nitrogen and oxygen atoms in total. The van der Waals surface area contributed by atoms with Crippen LogP contribution in [0.4, 0.5) is 10.8 Å². The Hall–Kier alpha value is -2.36. The summed E-state index contributed by atoms with van der Waals surface area (Å²) in [6.07, 6.45) is 0. The van der Waals surface area contributed by atoms with Gasteiger partial charge in [0, 0.05) is 5.02 Å². The molecule has 3 aromatic rings. The van der Waals surface area contributed by atoms with Crippen molar-refractivity contribution in [3.8, 4) is 0 Å². The smallest absolute Gasteiger partial charge is 0.293 e. The minimum absolute atomic E-state index is 0.0206. The first-order valence-corrected chi connectivity index (χ1v) is 14.6. The third-order valence-electron chi connectivity index (χ3n) is 4.61. The maximum Gasteiger partial charge on any atom is 0.293 e. The van der Waals surface area contributed by atoms with Crippen molar-refractivity contribution in [2.45, 2.75) is 4.90 Å². The summed E-state index contributed by atoms with van der Waals surface area (Å²) >= 11 is 13.9. The number of hydrogen-bond donors (Lipinski definition) is 2. The molecule has 0 bridgehead atoms. The monoisotopic (exact) mass is 576 g/mol. The van der Waals surface area contributed by atoms with Crippen molar-refractivity contribution in [2.24, 2.45) is 4.40 Å². The van der Waals surface area contributed by atoms with Gasteiger partial charge in [-0.15, -0.1) is 4.40 Å². The number of sulfonamides is 2. The number of halogens is 2. The van der Waals surface area contributed by atoms with E-state index in [-0.39, 0.29) is 21.0 Å². The number of anilines is 2. The third kappa shape index (κ3) is 4.03. The lowest BCUT2D eigenvalue weighted by atomic mass is 10.3. The van der Waals surface area contributed by atoms with E-state index in [0.29, 0.717) is 20.1 Å². The Bertz CT molecular complexity index is 1680. The number of benzene rings is 2. The Morgan fingerprint density at radius 2 is 1.97 bits per heavy atom. The second kappa shape index (κ2) is 8.10. The zero-order valence-electron chi connectivity index (χ0n) is 16.4. The van der Waals surface area contributed by atoms with E-state index in [1.165, 1.54) is 6.07 Å². The standard InChI is InChI=1S/C18H10Cl2N4O6S4/c19-8-4-5-13-10(6-8)21-17(31-13)22-33(27,28)7-12(25)15-16(26)24-11-3-1-2-9(20)14(11)32-18(24)23-34(15,29)30/h1-6,25H,7H2,(H,21,22)/b15-12-. The summed E-state index contributed by atoms with van der Waals surface area (Å²) in [7, 11) is -9.04. The van der Waals surface area contributed by atoms with Crippen molar-refractivity contribution >= 4 is 98.5 Å². The molecule has 0 spiro atoms. The van der Waals surface area contributed by atoms with Crippen LogP contribution >= 0.6 is 46.3 Å². The summed E-state index contributed by atoms with van der Waals surface area (Å²) in [5.41, 5.74) is 0.726. The maximum absolute atomic E-state index is 13.1. The van der Waals surface area contributed by atoms with Gasteiger partial charge < -0.3 is 5.11 Å². The highest BCUT2D eigenvalue weighted by molar-refractivity contribution is 8.16. The van der Waals surface area contributed by atoms with E-state index in [0.717, 1.165) is 28.0 Å². The van der Waals surface area contributed by atoms with E-state index < -0.39 is 42.4 Å². The highest BCUT2D eigenvalue weighted by atomic mass is 35.5. The molecule has 2 aliphatic rings. The largest absolute Gasteiger partial charge is 0.509 e. The molecule has 2 N–H and O–H groups in total. The molecule has 0 radical (unpaired) electrons. The number of thiazole rings is 1. The summed E-state index contributed by atoms with van der Waals surface area (Å²) < 4.78 is 57.0. The van der Waals surface area contributed by atoms with Crippen LogP contribution < -0.4 is 9.62 Å². The van der Waals surface area contributed by atoms with E-state index in [1.807, 2.05) is 0 Å². The molecule has 176 valence electrons. The average molecular weight is 577 g/mol. The zero-order valence-corrected chi connectivity index (χ0v) is 21.2. The number of carbonyl (C=O) groups excluding carboxylic acids is 1. The van der Waals surface area contributed by atoms with E-state index in [1.54, 1.807) is 30.3 Å². The number of rotatable bonds is 4. The first kappa shape index (κ1) is 23.4. The second-order valence-electron chi connectivity index (χ2n) is 6.95. The number of carbonyl (C=O) groups is 1. The van der Waals surface area contributed by atoms with Gasteiger partial charge in [0.05, 0.1) is 25.8 Å². The van der Waals surface area contributed by atoms with Crippen molar-refractivity contribution in [3.63, 3.8) is 0 Å². The van der Waals surface area contributed by atoms with Gasteiger partial charge in [-0.1, -0.05) is 40.6 Å². The molecule has 2 aromatic carbocycles. The van der Waals surface area contributed by atoms with Crippen LogP contribution in [-0.4, -0.2) is 43.8 Å². The second-order valence-corrected chi connectivity index (χ2v) is 13.1. The molecule has 0 aliphatic carbocycles. The highest BCUT2D eigenvalue weighted by Gasteiger charge is 2.46. The number of hydrogen-bond acceptors (Lipinski definition) is 9. The molecule has 0 atom stereocenters. The molecule has 5 rings (SSSR count). The summed E-state index contributed by atoms with van der Waals surface area (Å²) in [5.74, 6) is -3.51. The molecular weight excluding hydrogens is 567 g/mol. The molecule has 1 aromatic heterocycles. The molecule has 0 fully saturated rings. The van der Waals surface area contributed by atoms with Crippen LogP contribution in [0.15, 0.2) is 56.4 Å². The van der Waals surface area contributed by atoms with Crippen molar-refractivity contribution in [1.29, 1.82) is 0 Å². The first-order valence-electron chi connectivity index (χ1n) is 9.10. The Labute approximate surface area is 211 Å². The molecule has 1 amide bonds. The quantitative estimate of drug-likeness (QED) is 0.350. The predicted octanol–water partition coefficient (Wildman–Crippen LogP) is 3.95. The number of nitrogens with zero attached hydrogens (tertiary/aromatic N) is 3. The van der Waals surface area contributed by atoms with Crippen molar-refractivity contribution in [1.82, 2.24) is 4.98 Å². The fraction of sp³-hybridized carbons (Fsp3) is 0.0556. The number of amidine groups is 1. The normalized spacial score (nSPS) is 18.5. The van der Waals surface area contributed by atoms with Crippen LogP contribution in [0.25, 0.3) is 10.2 Å². The van der Waals surface area contributed by atoms with Gasteiger partial charge in [-0.25, -0.2) is 13.4 Å². The SMILES string of the molecule is O=C1/C(=C(/O)CS(=O)(=O)Nc2nc3cc(Cl)ccc3s2)S(=O)(=O)N=C2Sc3c(Cl)cccc3N12. The topological polar surface area (TPSA) is 146 Å². The maximum atomic E-state index is 13.1. The van der Waals surface area contributed by atoms with Crippen LogP contribution in [0.5, 0.6) is 0 Å². The van der Waals surface area contributed by atoms with Crippen molar-refractivity contribution < 1.29 is 26.7 Å². The van der Waals surface area contributed by atoms with E-state index in [4.69, 9.17) is 23.2 Å². The summed E-state index contributed by atoms with van der Waals surface area (Å²) in [4.78, 5) is 17.4. The van der Waals surface area contributed by atoms with E-state index in [2.05, 4.69) is 14.1 Å². The van der Waals surface area contributed by atoms with Gasteiger partial charge in [0.2, 0.25) is 10.0 Å². The van der Waals surface area contributed by atoms with Gasteiger partial charge in [0.15, 0.2) is 15.2 Å². The number of fused-ring (bicyclic) bond motifs is 4. The van der Waals surface area contributed by atoms with Gasteiger partial charge >= 0.3 is 0 Å². The molecule has 34 heavy (non-hydrogen) atoms. The minimum Gasteiger partial charge on any atom is -0.509 e. The Balaban J connectivity index is 1.49.